The third-order valence-electron chi connectivity index (χ3n) is 11.2. The average molecular weight is 754 g/mol. The van der Waals surface area contributed by atoms with Crippen LogP contribution in [0.25, 0.3) is 0 Å². The Morgan fingerprint density at radius 1 is 0.491 bits per heavy atom. The molecular weight excluding hydrogens is 675 g/mol. The minimum atomic E-state index is -0.818. The predicted octanol–water partition coefficient (Wildman–Crippen LogP) is 14.3. The van der Waals surface area contributed by atoms with Crippen LogP contribution in [-0.4, -0.2) is 31.8 Å². The zero-order valence-corrected chi connectivity index (χ0v) is 35.3. The summed E-state index contributed by atoms with van der Waals surface area (Å²) in [6, 6.07) is 31.5. The summed E-state index contributed by atoms with van der Waals surface area (Å²) in [6.07, 6.45) is 31.8. The molecule has 0 saturated heterocycles. The van der Waals surface area contributed by atoms with Gasteiger partial charge in [0.2, 0.25) is 5.91 Å². The highest BCUT2D eigenvalue weighted by molar-refractivity contribution is 5.75. The SMILES string of the molecule is CCCCCCCCCCCCCCCCCCCC(=O)NCC(COC(c1ccccc1)(c1ccccc1)c1ccccc1)OCCCCCCCCC. The number of carbonyl (C=O) groups excluding carboxylic acids is 1. The van der Waals surface area contributed by atoms with Crippen LogP contribution in [0.5, 0.6) is 0 Å². The fourth-order valence-electron chi connectivity index (χ4n) is 7.79. The molecule has 3 aromatic rings. The van der Waals surface area contributed by atoms with Gasteiger partial charge in [0.25, 0.3) is 0 Å². The topological polar surface area (TPSA) is 47.6 Å². The first kappa shape index (κ1) is 46.4. The fraction of sp³-hybridized carbons (Fsp3) is 0.627. The van der Waals surface area contributed by atoms with Crippen molar-refractivity contribution in [2.24, 2.45) is 0 Å². The van der Waals surface area contributed by atoms with Gasteiger partial charge in [0.1, 0.15) is 5.60 Å². The van der Waals surface area contributed by atoms with Gasteiger partial charge in [-0.3, -0.25) is 4.79 Å². The second-order valence-electron chi connectivity index (χ2n) is 15.9. The Labute approximate surface area is 338 Å². The van der Waals surface area contributed by atoms with Crippen molar-refractivity contribution in [1.29, 1.82) is 0 Å². The molecule has 1 N–H and O–H groups in total. The number of ether oxygens (including phenoxy) is 2. The van der Waals surface area contributed by atoms with Crippen LogP contribution in [-0.2, 0) is 19.9 Å². The summed E-state index contributed by atoms with van der Waals surface area (Å²) in [6.45, 7) is 6.03. The largest absolute Gasteiger partial charge is 0.374 e. The van der Waals surface area contributed by atoms with E-state index in [1.807, 2.05) is 18.2 Å². The molecular formula is C51H79NO3. The van der Waals surface area contributed by atoms with E-state index in [2.05, 4.69) is 92.0 Å². The molecule has 1 amide bonds. The second-order valence-corrected chi connectivity index (χ2v) is 15.9. The van der Waals surface area contributed by atoms with Gasteiger partial charge in [-0.15, -0.1) is 0 Å². The van der Waals surface area contributed by atoms with Crippen molar-refractivity contribution < 1.29 is 14.3 Å². The monoisotopic (exact) mass is 754 g/mol. The molecule has 0 saturated carbocycles. The lowest BCUT2D eigenvalue weighted by Crippen LogP contribution is -2.41. The molecule has 0 radical (unpaired) electrons. The first-order chi connectivity index (χ1) is 27.2. The third kappa shape index (κ3) is 19.7. The molecule has 0 aliphatic rings. The highest BCUT2D eigenvalue weighted by Gasteiger charge is 2.38. The molecule has 1 atom stereocenters. The molecule has 0 aliphatic heterocycles. The Morgan fingerprint density at radius 2 is 0.836 bits per heavy atom. The van der Waals surface area contributed by atoms with E-state index in [1.165, 1.54) is 135 Å². The average Bonchev–Trinajstić information content (AvgIpc) is 3.23. The number of rotatable bonds is 35. The maximum absolute atomic E-state index is 13.1. The van der Waals surface area contributed by atoms with E-state index in [4.69, 9.17) is 9.47 Å². The van der Waals surface area contributed by atoms with Gasteiger partial charge in [0.05, 0.1) is 12.7 Å². The number of hydrogen-bond acceptors (Lipinski definition) is 3. The molecule has 0 heterocycles. The number of carbonyl (C=O) groups is 1. The zero-order valence-electron chi connectivity index (χ0n) is 35.3. The van der Waals surface area contributed by atoms with E-state index >= 15 is 0 Å². The van der Waals surface area contributed by atoms with Crippen LogP contribution in [0.2, 0.25) is 0 Å². The molecule has 3 rings (SSSR count). The van der Waals surface area contributed by atoms with Crippen LogP contribution in [0.1, 0.15) is 191 Å². The van der Waals surface area contributed by atoms with Gasteiger partial charge in [-0.1, -0.05) is 246 Å². The predicted molar refractivity (Wildman–Crippen MR) is 235 cm³/mol. The normalized spacial score (nSPS) is 12.2. The van der Waals surface area contributed by atoms with Crippen molar-refractivity contribution in [1.82, 2.24) is 5.32 Å². The Kier molecular flexibility index (Phi) is 26.3. The minimum absolute atomic E-state index is 0.117. The molecule has 306 valence electrons. The highest BCUT2D eigenvalue weighted by atomic mass is 16.5. The number of amides is 1. The molecule has 0 fully saturated rings. The smallest absolute Gasteiger partial charge is 0.220 e. The zero-order chi connectivity index (χ0) is 38.9. The van der Waals surface area contributed by atoms with E-state index in [0.29, 0.717) is 26.2 Å². The van der Waals surface area contributed by atoms with Gasteiger partial charge in [-0.25, -0.2) is 0 Å². The Morgan fingerprint density at radius 3 is 1.22 bits per heavy atom. The quantitative estimate of drug-likeness (QED) is 0.0481. The standard InChI is InChI=1S/C51H79NO3/c1-3-5-7-9-11-12-13-14-15-16-17-18-19-20-21-23-34-42-50(53)52-44-49(54-43-35-24-22-10-8-6-4-2)45-55-51(46-36-28-25-29-37-46,47-38-30-26-31-39-47)48-40-32-27-33-41-48/h25-33,36-41,49H,3-24,34-35,42-45H2,1-2H3,(H,52,53). The Balaban J connectivity index is 1.45. The van der Waals surface area contributed by atoms with Crippen LogP contribution < -0.4 is 5.32 Å². The molecule has 3 aromatic carbocycles. The second kappa shape index (κ2) is 31.2. The van der Waals surface area contributed by atoms with Crippen molar-refractivity contribution in [3.63, 3.8) is 0 Å². The summed E-state index contributed by atoms with van der Waals surface area (Å²) in [4.78, 5) is 13.1. The third-order valence-corrected chi connectivity index (χ3v) is 11.2. The van der Waals surface area contributed by atoms with Crippen LogP contribution in [0.4, 0.5) is 0 Å². The molecule has 1 unspecified atom stereocenters. The lowest BCUT2D eigenvalue weighted by atomic mass is 9.80. The summed E-state index contributed by atoms with van der Waals surface area (Å²) < 4.78 is 13.6. The minimum Gasteiger partial charge on any atom is -0.374 e. The van der Waals surface area contributed by atoms with Crippen LogP contribution >= 0.6 is 0 Å². The van der Waals surface area contributed by atoms with E-state index in [9.17, 15) is 4.79 Å². The highest BCUT2D eigenvalue weighted by Crippen LogP contribution is 2.40. The maximum Gasteiger partial charge on any atom is 0.220 e. The van der Waals surface area contributed by atoms with Crippen molar-refractivity contribution >= 4 is 5.91 Å². The van der Waals surface area contributed by atoms with Crippen molar-refractivity contribution in [3.05, 3.63) is 108 Å². The first-order valence-electron chi connectivity index (χ1n) is 22.9. The Hall–Kier alpha value is -2.95. The summed E-state index contributed by atoms with van der Waals surface area (Å²) in [5, 5.41) is 3.22. The van der Waals surface area contributed by atoms with Crippen LogP contribution in [0, 0.1) is 0 Å². The summed E-state index contributed by atoms with van der Waals surface area (Å²) in [5.41, 5.74) is 2.39. The maximum atomic E-state index is 13.1. The van der Waals surface area contributed by atoms with Gasteiger partial charge in [-0.05, 0) is 29.5 Å². The van der Waals surface area contributed by atoms with Crippen molar-refractivity contribution in [2.45, 2.75) is 186 Å². The number of unbranched alkanes of at least 4 members (excludes halogenated alkanes) is 22. The number of benzene rings is 3. The van der Waals surface area contributed by atoms with E-state index in [0.717, 1.165) is 36.0 Å². The van der Waals surface area contributed by atoms with Gasteiger partial charge in [-0.2, -0.15) is 0 Å². The molecule has 55 heavy (non-hydrogen) atoms. The van der Waals surface area contributed by atoms with E-state index in [-0.39, 0.29) is 12.0 Å². The lowest BCUT2D eigenvalue weighted by molar-refractivity contribution is -0.122. The molecule has 0 spiro atoms. The van der Waals surface area contributed by atoms with Crippen LogP contribution in [0.15, 0.2) is 91.0 Å². The first-order valence-corrected chi connectivity index (χ1v) is 22.9. The summed E-state index contributed by atoms with van der Waals surface area (Å²) >= 11 is 0. The van der Waals surface area contributed by atoms with Gasteiger partial charge in [0, 0.05) is 19.6 Å². The number of nitrogens with one attached hydrogen (secondary N) is 1. The van der Waals surface area contributed by atoms with Gasteiger partial charge >= 0.3 is 0 Å². The summed E-state index contributed by atoms with van der Waals surface area (Å²) in [5.74, 6) is 0.117. The lowest BCUT2D eigenvalue weighted by Gasteiger charge is -2.37. The molecule has 4 nitrogen and oxygen atoms in total. The van der Waals surface area contributed by atoms with Gasteiger partial charge < -0.3 is 14.8 Å². The fourth-order valence-corrected chi connectivity index (χ4v) is 7.79. The van der Waals surface area contributed by atoms with Crippen molar-refractivity contribution in [3.8, 4) is 0 Å². The van der Waals surface area contributed by atoms with Crippen LogP contribution in [0.3, 0.4) is 0 Å². The van der Waals surface area contributed by atoms with Crippen molar-refractivity contribution in [2.75, 3.05) is 19.8 Å². The molecule has 0 aliphatic carbocycles. The number of hydrogen-bond donors (Lipinski definition) is 1. The molecule has 4 heteroatoms. The van der Waals surface area contributed by atoms with E-state index < -0.39 is 5.60 Å². The molecule has 0 bridgehead atoms. The Bertz CT molecular complexity index is 1200. The van der Waals surface area contributed by atoms with E-state index in [1.54, 1.807) is 0 Å². The summed E-state index contributed by atoms with van der Waals surface area (Å²) in [7, 11) is 0. The molecule has 0 aromatic heterocycles. The van der Waals surface area contributed by atoms with Gasteiger partial charge in [0.15, 0.2) is 0 Å².